The van der Waals surface area contributed by atoms with E-state index in [4.69, 9.17) is 10.00 Å². The first kappa shape index (κ1) is 9.85. The Kier molecular flexibility index (Phi) is 2.51. The van der Waals surface area contributed by atoms with Gasteiger partial charge in [0.05, 0.1) is 13.2 Å². The second kappa shape index (κ2) is 3.82. The largest absolute Gasteiger partial charge is 0.497 e. The summed E-state index contributed by atoms with van der Waals surface area (Å²) in [6.07, 6.45) is 2.99. The maximum absolute atomic E-state index is 9.08. The number of nitrogens with one attached hydrogen (secondary N) is 1. The van der Waals surface area contributed by atoms with Crippen LogP contribution in [0.1, 0.15) is 19.3 Å². The van der Waals surface area contributed by atoms with Gasteiger partial charge in [-0.1, -0.05) is 6.07 Å². The van der Waals surface area contributed by atoms with E-state index in [-0.39, 0.29) is 5.54 Å². The maximum Gasteiger partial charge on any atom is 0.125 e. The van der Waals surface area contributed by atoms with Gasteiger partial charge in [-0.15, -0.1) is 0 Å². The van der Waals surface area contributed by atoms with Crippen LogP contribution in [0.3, 0.4) is 0 Å². The van der Waals surface area contributed by atoms with Gasteiger partial charge in [-0.2, -0.15) is 5.26 Å². The predicted molar refractivity (Wildman–Crippen MR) is 58.8 cm³/mol. The zero-order chi connectivity index (χ0) is 10.7. The molecule has 0 heterocycles. The van der Waals surface area contributed by atoms with Crippen molar-refractivity contribution < 1.29 is 4.74 Å². The third kappa shape index (κ3) is 1.89. The number of hydrogen-bond acceptors (Lipinski definition) is 3. The highest BCUT2D eigenvalue weighted by atomic mass is 16.5. The summed E-state index contributed by atoms with van der Waals surface area (Å²) in [4.78, 5) is 0. The molecule has 1 aliphatic carbocycles. The molecule has 1 fully saturated rings. The molecule has 1 N–H and O–H groups in total. The van der Waals surface area contributed by atoms with E-state index in [2.05, 4.69) is 11.4 Å². The third-order valence-electron chi connectivity index (χ3n) is 2.87. The van der Waals surface area contributed by atoms with E-state index in [1.54, 1.807) is 7.11 Å². The molecule has 78 valence electrons. The fourth-order valence-electron chi connectivity index (χ4n) is 1.77. The van der Waals surface area contributed by atoms with Gasteiger partial charge in [0.2, 0.25) is 0 Å². The van der Waals surface area contributed by atoms with Crippen LogP contribution in [0.2, 0.25) is 0 Å². The molecule has 0 bridgehead atoms. The number of rotatable bonds is 3. The Morgan fingerprint density at radius 2 is 2.27 bits per heavy atom. The molecule has 0 amide bonds. The van der Waals surface area contributed by atoms with Crippen LogP contribution in [0.25, 0.3) is 0 Å². The molecule has 0 saturated heterocycles. The first-order valence-corrected chi connectivity index (χ1v) is 5.11. The molecular weight excluding hydrogens is 188 g/mol. The lowest BCUT2D eigenvalue weighted by atomic mass is 9.78. The molecule has 3 heteroatoms. The number of methoxy groups -OCH3 is 1. The lowest BCUT2D eigenvalue weighted by Gasteiger charge is -2.36. The monoisotopic (exact) mass is 202 g/mol. The Balaban J connectivity index is 2.13. The topological polar surface area (TPSA) is 45.0 Å². The van der Waals surface area contributed by atoms with Crippen LogP contribution in [-0.2, 0) is 0 Å². The summed E-state index contributed by atoms with van der Waals surface area (Å²) in [5, 5.41) is 12.4. The fourth-order valence-corrected chi connectivity index (χ4v) is 1.77. The minimum atomic E-state index is -0.341. The summed E-state index contributed by atoms with van der Waals surface area (Å²) < 4.78 is 5.13. The van der Waals surface area contributed by atoms with Gasteiger partial charge in [-0.25, -0.2) is 0 Å². The van der Waals surface area contributed by atoms with Crippen molar-refractivity contribution in [1.82, 2.24) is 0 Å². The summed E-state index contributed by atoms with van der Waals surface area (Å²) in [7, 11) is 1.64. The number of nitrogens with zero attached hydrogens (tertiary/aromatic N) is 1. The van der Waals surface area contributed by atoms with Crippen molar-refractivity contribution in [2.45, 2.75) is 24.8 Å². The van der Waals surface area contributed by atoms with E-state index >= 15 is 0 Å². The first-order valence-electron chi connectivity index (χ1n) is 5.11. The summed E-state index contributed by atoms with van der Waals surface area (Å²) in [6.45, 7) is 0. The lowest BCUT2D eigenvalue weighted by molar-refractivity contribution is 0.356. The van der Waals surface area contributed by atoms with Crippen LogP contribution < -0.4 is 10.1 Å². The molecule has 1 saturated carbocycles. The van der Waals surface area contributed by atoms with E-state index < -0.39 is 0 Å². The molecule has 1 aromatic rings. The Labute approximate surface area is 89.7 Å². The van der Waals surface area contributed by atoms with Gasteiger partial charge in [-0.3, -0.25) is 0 Å². The Bertz CT molecular complexity index is 391. The standard InChI is InChI=1S/C12H14N2O/c1-15-11-5-2-4-10(8-11)14-12(9-13)6-3-7-12/h2,4-5,8,14H,3,6-7H2,1H3. The first-order chi connectivity index (χ1) is 7.28. The summed E-state index contributed by atoms with van der Waals surface area (Å²) in [6, 6.07) is 10.0. The fraction of sp³-hybridized carbons (Fsp3) is 0.417. The molecular formula is C12H14N2O. The quantitative estimate of drug-likeness (QED) is 0.819. The number of hydrogen-bond donors (Lipinski definition) is 1. The minimum Gasteiger partial charge on any atom is -0.497 e. The summed E-state index contributed by atoms with van der Waals surface area (Å²) in [5.41, 5.74) is 0.613. The van der Waals surface area contributed by atoms with Gasteiger partial charge in [0.25, 0.3) is 0 Å². The van der Waals surface area contributed by atoms with Crippen molar-refractivity contribution in [1.29, 1.82) is 5.26 Å². The average Bonchev–Trinajstić information content (AvgIpc) is 2.24. The zero-order valence-electron chi connectivity index (χ0n) is 8.79. The highest BCUT2D eigenvalue weighted by Crippen LogP contribution is 2.35. The van der Waals surface area contributed by atoms with Gasteiger partial charge >= 0.3 is 0 Å². The molecule has 2 rings (SSSR count). The van der Waals surface area contributed by atoms with Crippen LogP contribution >= 0.6 is 0 Å². The normalized spacial score (nSPS) is 17.3. The Morgan fingerprint density at radius 3 is 2.80 bits per heavy atom. The maximum atomic E-state index is 9.08. The smallest absolute Gasteiger partial charge is 0.125 e. The van der Waals surface area contributed by atoms with Crippen LogP contribution in [0.15, 0.2) is 24.3 Å². The molecule has 0 aliphatic heterocycles. The average molecular weight is 202 g/mol. The van der Waals surface area contributed by atoms with Gasteiger partial charge in [0, 0.05) is 11.8 Å². The van der Waals surface area contributed by atoms with Crippen LogP contribution in [0, 0.1) is 11.3 Å². The van der Waals surface area contributed by atoms with Gasteiger partial charge in [0.15, 0.2) is 0 Å². The summed E-state index contributed by atoms with van der Waals surface area (Å²) >= 11 is 0. The molecule has 15 heavy (non-hydrogen) atoms. The van der Waals surface area contributed by atoms with Crippen molar-refractivity contribution in [3.63, 3.8) is 0 Å². The number of ether oxygens (including phenoxy) is 1. The molecule has 0 spiro atoms. The van der Waals surface area contributed by atoms with Crippen LogP contribution in [-0.4, -0.2) is 12.6 Å². The second-order valence-electron chi connectivity index (χ2n) is 3.90. The minimum absolute atomic E-state index is 0.341. The van der Waals surface area contributed by atoms with E-state index in [9.17, 15) is 0 Å². The lowest BCUT2D eigenvalue weighted by Crippen LogP contribution is -2.43. The molecule has 0 aromatic heterocycles. The Hall–Kier alpha value is -1.69. The molecule has 0 unspecified atom stereocenters. The SMILES string of the molecule is COc1cccc(NC2(C#N)CCC2)c1. The van der Waals surface area contributed by atoms with Gasteiger partial charge in [0.1, 0.15) is 11.3 Å². The van der Waals surface area contributed by atoms with E-state index in [1.807, 2.05) is 24.3 Å². The second-order valence-corrected chi connectivity index (χ2v) is 3.90. The van der Waals surface area contributed by atoms with Crippen LogP contribution in [0.4, 0.5) is 5.69 Å². The number of anilines is 1. The zero-order valence-corrected chi connectivity index (χ0v) is 8.79. The highest BCUT2D eigenvalue weighted by molar-refractivity contribution is 5.52. The van der Waals surface area contributed by atoms with E-state index in [0.29, 0.717) is 0 Å². The van der Waals surface area contributed by atoms with E-state index in [1.165, 1.54) is 0 Å². The van der Waals surface area contributed by atoms with Crippen molar-refractivity contribution in [3.05, 3.63) is 24.3 Å². The van der Waals surface area contributed by atoms with E-state index in [0.717, 1.165) is 30.7 Å². The molecule has 3 nitrogen and oxygen atoms in total. The summed E-state index contributed by atoms with van der Waals surface area (Å²) in [5.74, 6) is 0.812. The highest BCUT2D eigenvalue weighted by Gasteiger charge is 2.36. The van der Waals surface area contributed by atoms with Gasteiger partial charge < -0.3 is 10.1 Å². The van der Waals surface area contributed by atoms with Crippen molar-refractivity contribution in [2.75, 3.05) is 12.4 Å². The van der Waals surface area contributed by atoms with Crippen LogP contribution in [0.5, 0.6) is 5.75 Å². The number of nitriles is 1. The molecule has 0 atom stereocenters. The number of benzene rings is 1. The van der Waals surface area contributed by atoms with Crippen molar-refractivity contribution >= 4 is 5.69 Å². The Morgan fingerprint density at radius 1 is 1.47 bits per heavy atom. The predicted octanol–water partition coefficient (Wildman–Crippen LogP) is 2.55. The van der Waals surface area contributed by atoms with Crippen molar-refractivity contribution in [2.24, 2.45) is 0 Å². The van der Waals surface area contributed by atoms with Crippen molar-refractivity contribution in [3.8, 4) is 11.8 Å². The van der Waals surface area contributed by atoms with Gasteiger partial charge in [-0.05, 0) is 31.4 Å². The molecule has 0 radical (unpaired) electrons. The molecule has 1 aromatic carbocycles. The molecule has 1 aliphatic rings. The third-order valence-corrected chi connectivity index (χ3v) is 2.87.